The number of carbonyl (C=O) groups is 2. The third-order valence-electron chi connectivity index (χ3n) is 6.08. The first kappa shape index (κ1) is 19.2. The molecule has 4 rings (SSSR count). The molecule has 1 saturated heterocycles. The van der Waals surface area contributed by atoms with Crippen molar-refractivity contribution in [3.8, 4) is 0 Å². The number of hydrogen-bond acceptors (Lipinski definition) is 2. The van der Waals surface area contributed by atoms with Crippen molar-refractivity contribution in [2.45, 2.75) is 32.6 Å². The number of rotatable bonds is 5. The molecule has 0 aliphatic carbocycles. The van der Waals surface area contributed by atoms with E-state index in [2.05, 4.69) is 11.1 Å². The molecule has 2 aromatic carbocycles. The van der Waals surface area contributed by atoms with Crippen molar-refractivity contribution >= 4 is 22.8 Å². The summed E-state index contributed by atoms with van der Waals surface area (Å²) in [6.45, 7) is 3.50. The maximum Gasteiger partial charge on any atom is 0.335 e. The molecule has 0 bridgehead atoms. The lowest BCUT2D eigenvalue weighted by molar-refractivity contribution is -0.131. The Morgan fingerprint density at radius 1 is 1.07 bits per heavy atom. The second-order valence-electron chi connectivity index (χ2n) is 7.94. The number of aromatic nitrogens is 1. The van der Waals surface area contributed by atoms with E-state index >= 15 is 0 Å². The molecule has 0 atom stereocenters. The normalized spacial score (nSPS) is 15.0. The molecule has 1 amide bonds. The summed E-state index contributed by atoms with van der Waals surface area (Å²) >= 11 is 0. The molecule has 1 aromatic heterocycles. The van der Waals surface area contributed by atoms with Crippen LogP contribution < -0.4 is 0 Å². The lowest BCUT2D eigenvalue weighted by atomic mass is 9.88. The fourth-order valence-electron chi connectivity index (χ4n) is 4.43. The van der Waals surface area contributed by atoms with Crippen LogP contribution in [-0.2, 0) is 17.6 Å². The van der Waals surface area contributed by atoms with Crippen molar-refractivity contribution in [2.24, 2.45) is 5.92 Å². The van der Waals surface area contributed by atoms with Crippen molar-refractivity contribution in [1.29, 1.82) is 0 Å². The highest BCUT2D eigenvalue weighted by Crippen LogP contribution is 2.26. The molecule has 1 aliphatic heterocycles. The first-order valence-corrected chi connectivity index (χ1v) is 10.2. The lowest BCUT2D eigenvalue weighted by Gasteiger charge is -2.32. The molecular formula is C24H26N2O3. The van der Waals surface area contributed by atoms with Gasteiger partial charge in [0, 0.05) is 29.7 Å². The van der Waals surface area contributed by atoms with E-state index in [9.17, 15) is 14.7 Å². The van der Waals surface area contributed by atoms with Crippen LogP contribution >= 0.6 is 0 Å². The number of piperidine rings is 1. The van der Waals surface area contributed by atoms with Crippen molar-refractivity contribution < 1.29 is 14.7 Å². The minimum atomic E-state index is -0.873. The smallest absolute Gasteiger partial charge is 0.335 e. The summed E-state index contributed by atoms with van der Waals surface area (Å²) in [6.07, 6.45) is 2.99. The number of para-hydroxylation sites is 1. The number of aromatic carboxylic acids is 1. The summed E-state index contributed by atoms with van der Waals surface area (Å²) in [5.74, 6) is -0.293. The first-order chi connectivity index (χ1) is 14.0. The quantitative estimate of drug-likeness (QED) is 0.686. The Balaban J connectivity index is 1.38. The molecule has 2 heterocycles. The summed E-state index contributed by atoms with van der Waals surface area (Å²) in [5, 5.41) is 10.5. The summed E-state index contributed by atoms with van der Waals surface area (Å²) in [7, 11) is 0. The Hall–Kier alpha value is -3.08. The number of H-pyrrole nitrogens is 1. The van der Waals surface area contributed by atoms with Crippen LogP contribution in [0.3, 0.4) is 0 Å². The van der Waals surface area contributed by atoms with Crippen LogP contribution in [0, 0.1) is 12.8 Å². The zero-order valence-electron chi connectivity index (χ0n) is 16.6. The average molecular weight is 390 g/mol. The first-order valence-electron chi connectivity index (χ1n) is 10.2. The molecule has 150 valence electrons. The van der Waals surface area contributed by atoms with Crippen LogP contribution in [0.5, 0.6) is 0 Å². The summed E-state index contributed by atoms with van der Waals surface area (Å²) in [6, 6.07) is 15.3. The number of aryl methyl sites for hydroxylation is 1. The van der Waals surface area contributed by atoms with Gasteiger partial charge >= 0.3 is 5.97 Å². The van der Waals surface area contributed by atoms with Crippen molar-refractivity contribution in [2.75, 3.05) is 13.1 Å². The maximum absolute atomic E-state index is 12.9. The van der Waals surface area contributed by atoms with Crippen LogP contribution in [0.4, 0.5) is 0 Å². The number of nitrogens with one attached hydrogen (secondary N) is 1. The monoisotopic (exact) mass is 390 g/mol. The molecule has 3 aromatic rings. The van der Waals surface area contributed by atoms with E-state index < -0.39 is 5.97 Å². The predicted molar refractivity (Wildman–Crippen MR) is 113 cm³/mol. The number of likely N-dealkylation sites (tertiary alicyclic amines) is 1. The van der Waals surface area contributed by atoms with Crippen LogP contribution in [0.15, 0.2) is 48.5 Å². The van der Waals surface area contributed by atoms with Gasteiger partial charge in [-0.05, 0) is 55.4 Å². The molecule has 29 heavy (non-hydrogen) atoms. The van der Waals surface area contributed by atoms with Gasteiger partial charge in [-0.1, -0.05) is 36.4 Å². The Morgan fingerprint density at radius 2 is 1.76 bits per heavy atom. The van der Waals surface area contributed by atoms with Crippen LogP contribution in [0.1, 0.15) is 40.0 Å². The zero-order valence-corrected chi connectivity index (χ0v) is 16.6. The van der Waals surface area contributed by atoms with Crippen molar-refractivity contribution in [1.82, 2.24) is 9.88 Å². The minimum absolute atomic E-state index is 0.169. The third kappa shape index (κ3) is 4.04. The second kappa shape index (κ2) is 8.11. The Kier molecular flexibility index (Phi) is 5.38. The van der Waals surface area contributed by atoms with Crippen LogP contribution in [0.2, 0.25) is 0 Å². The van der Waals surface area contributed by atoms with Crippen LogP contribution in [0.25, 0.3) is 10.9 Å². The molecule has 5 heteroatoms. The number of benzene rings is 2. The molecule has 0 unspecified atom stereocenters. The molecule has 5 nitrogen and oxygen atoms in total. The number of carboxylic acid groups (broad SMARTS) is 1. The Labute approximate surface area is 170 Å². The molecular weight excluding hydrogens is 364 g/mol. The number of amides is 1. The van der Waals surface area contributed by atoms with E-state index in [1.54, 1.807) is 12.1 Å². The molecule has 1 fully saturated rings. The van der Waals surface area contributed by atoms with Gasteiger partial charge in [-0.25, -0.2) is 4.79 Å². The van der Waals surface area contributed by atoms with Gasteiger partial charge in [0.15, 0.2) is 0 Å². The van der Waals surface area contributed by atoms with E-state index in [-0.39, 0.29) is 5.91 Å². The summed E-state index contributed by atoms with van der Waals surface area (Å²) < 4.78 is 0. The van der Waals surface area contributed by atoms with Gasteiger partial charge in [0.05, 0.1) is 12.0 Å². The van der Waals surface area contributed by atoms with Gasteiger partial charge in [0.1, 0.15) is 0 Å². The Bertz CT molecular complexity index is 1050. The topological polar surface area (TPSA) is 73.4 Å². The van der Waals surface area contributed by atoms with Gasteiger partial charge in [-0.15, -0.1) is 0 Å². The van der Waals surface area contributed by atoms with E-state index in [4.69, 9.17) is 0 Å². The minimum Gasteiger partial charge on any atom is -0.478 e. The van der Waals surface area contributed by atoms with Gasteiger partial charge in [-0.2, -0.15) is 0 Å². The van der Waals surface area contributed by atoms with E-state index in [0.29, 0.717) is 17.9 Å². The van der Waals surface area contributed by atoms with Crippen LogP contribution in [-0.4, -0.2) is 40.0 Å². The van der Waals surface area contributed by atoms with Crippen molar-refractivity contribution in [3.63, 3.8) is 0 Å². The second-order valence-corrected chi connectivity index (χ2v) is 7.94. The molecule has 0 spiro atoms. The number of nitrogens with zero attached hydrogens (tertiary/aromatic N) is 1. The highest BCUT2D eigenvalue weighted by molar-refractivity contribution is 5.90. The number of aromatic amines is 1. The highest BCUT2D eigenvalue weighted by atomic mass is 16.4. The third-order valence-corrected chi connectivity index (χ3v) is 6.08. The zero-order chi connectivity index (χ0) is 20.4. The fraction of sp³-hybridized carbons (Fsp3) is 0.333. The SMILES string of the molecule is Cc1[nH]c2ccccc2c1CC(=O)N1CCC(Cc2ccccc2C(=O)O)CC1. The van der Waals surface area contributed by atoms with Gasteiger partial charge < -0.3 is 15.0 Å². The van der Waals surface area contributed by atoms with E-state index in [1.807, 2.05) is 42.2 Å². The van der Waals surface area contributed by atoms with Gasteiger partial charge in [0.2, 0.25) is 5.91 Å². The molecule has 1 aliphatic rings. The number of carboxylic acids is 1. The van der Waals surface area contributed by atoms with Crippen molar-refractivity contribution in [3.05, 3.63) is 70.9 Å². The summed E-state index contributed by atoms with van der Waals surface area (Å²) in [5.41, 5.74) is 4.49. The summed E-state index contributed by atoms with van der Waals surface area (Å²) in [4.78, 5) is 29.7. The van der Waals surface area contributed by atoms with Gasteiger partial charge in [0.25, 0.3) is 0 Å². The largest absolute Gasteiger partial charge is 0.478 e. The van der Waals surface area contributed by atoms with E-state index in [1.165, 1.54) is 0 Å². The highest BCUT2D eigenvalue weighted by Gasteiger charge is 2.25. The predicted octanol–water partition coefficient (Wildman–Crippen LogP) is 4.20. The number of hydrogen-bond donors (Lipinski definition) is 2. The van der Waals surface area contributed by atoms with E-state index in [0.717, 1.165) is 60.1 Å². The Morgan fingerprint density at radius 3 is 2.52 bits per heavy atom. The molecule has 2 N–H and O–H groups in total. The maximum atomic E-state index is 12.9. The fourth-order valence-corrected chi connectivity index (χ4v) is 4.43. The van der Waals surface area contributed by atoms with Gasteiger partial charge in [-0.3, -0.25) is 4.79 Å². The average Bonchev–Trinajstić information content (AvgIpc) is 3.04. The molecule has 0 radical (unpaired) electrons. The lowest BCUT2D eigenvalue weighted by Crippen LogP contribution is -2.39. The standard InChI is InChI=1S/C24H26N2O3/c1-16-21(20-8-4-5-9-22(20)25-16)15-23(27)26-12-10-17(11-13-26)14-18-6-2-3-7-19(18)24(28)29/h2-9,17,25H,10-15H2,1H3,(H,28,29). The molecule has 0 saturated carbocycles. The number of fused-ring (bicyclic) bond motifs is 1. The number of carbonyl (C=O) groups excluding carboxylic acids is 1.